The Bertz CT molecular complexity index is 3560. The van der Waals surface area contributed by atoms with Gasteiger partial charge in [0, 0.05) is 62.9 Å². The van der Waals surface area contributed by atoms with Crippen LogP contribution in [0.1, 0.15) is 45.2 Å². The molecular weight excluding hydrogens is 769 g/mol. The van der Waals surface area contributed by atoms with Gasteiger partial charge in [-0.2, -0.15) is 0 Å². The summed E-state index contributed by atoms with van der Waals surface area (Å²) in [4.78, 5) is 24.5. The zero-order valence-electron chi connectivity index (χ0n) is 34.0. The summed E-state index contributed by atoms with van der Waals surface area (Å²) in [5, 5.41) is 2.33. The van der Waals surface area contributed by atoms with Crippen molar-refractivity contribution >= 4 is 21.8 Å². The second-order valence-corrected chi connectivity index (χ2v) is 16.4. The molecule has 0 N–H and O–H groups in total. The van der Waals surface area contributed by atoms with E-state index in [1.165, 1.54) is 44.3 Å². The Hall–Kier alpha value is -8.35. The van der Waals surface area contributed by atoms with Crippen LogP contribution in [-0.4, -0.2) is 29.5 Å². The van der Waals surface area contributed by atoms with Crippen molar-refractivity contribution in [3.8, 4) is 62.4 Å². The number of rotatable bonds is 6. The minimum absolute atomic E-state index is 0.148. The summed E-state index contributed by atoms with van der Waals surface area (Å²) in [5.41, 5.74) is 17.8. The molecule has 2 atom stereocenters. The first kappa shape index (κ1) is 35.4. The fourth-order valence-electron chi connectivity index (χ4n) is 10.1. The summed E-state index contributed by atoms with van der Waals surface area (Å²) >= 11 is 0. The van der Waals surface area contributed by atoms with E-state index >= 15 is 0 Å². The zero-order valence-corrected chi connectivity index (χ0v) is 34.0. The van der Waals surface area contributed by atoms with Crippen LogP contribution in [-0.2, 0) is 0 Å². The molecule has 2 unspecified atom stereocenters. The van der Waals surface area contributed by atoms with Gasteiger partial charge in [0.05, 0.1) is 11.0 Å². The first-order valence-electron chi connectivity index (χ1n) is 21.4. The highest BCUT2D eigenvalue weighted by molar-refractivity contribution is 6.10. The number of benzene rings is 8. The van der Waals surface area contributed by atoms with Gasteiger partial charge in [-0.05, 0) is 99.1 Å². The van der Waals surface area contributed by atoms with E-state index in [1.807, 2.05) is 36.7 Å². The van der Waals surface area contributed by atoms with Crippen molar-refractivity contribution in [3.05, 3.63) is 240 Å². The van der Waals surface area contributed by atoms with Crippen molar-refractivity contribution in [2.24, 2.45) is 0 Å². The Morgan fingerprint density at radius 2 is 0.778 bits per heavy atom. The third kappa shape index (κ3) is 5.69. The fourth-order valence-corrected chi connectivity index (χ4v) is 10.1. The fraction of sp³-hybridized carbons (Fsp3) is 0.0351. The normalized spacial score (nSPS) is 14.7. The predicted octanol–water partition coefficient (Wildman–Crippen LogP) is 13.1. The average molecular weight is 805 g/mol. The maximum Gasteiger partial charge on any atom is 0.164 e. The molecule has 3 heterocycles. The van der Waals surface area contributed by atoms with E-state index in [9.17, 15) is 0 Å². The van der Waals surface area contributed by atoms with E-state index in [2.05, 4.69) is 184 Å². The van der Waals surface area contributed by atoms with Gasteiger partial charge >= 0.3 is 0 Å². The maximum atomic E-state index is 5.17. The number of fused-ring (bicyclic) bond motifs is 3. The summed E-state index contributed by atoms with van der Waals surface area (Å²) in [6.45, 7) is 0. The highest BCUT2D eigenvalue weighted by Gasteiger charge is 2.41. The first-order valence-corrected chi connectivity index (χ1v) is 21.4. The minimum atomic E-state index is 0.148. The Morgan fingerprint density at radius 3 is 1.48 bits per heavy atom. The Kier molecular flexibility index (Phi) is 7.93. The molecule has 3 aromatic heterocycles. The van der Waals surface area contributed by atoms with Crippen LogP contribution in [0.2, 0.25) is 0 Å². The van der Waals surface area contributed by atoms with Crippen LogP contribution in [0, 0.1) is 0 Å². The summed E-state index contributed by atoms with van der Waals surface area (Å²) in [7, 11) is 0. The monoisotopic (exact) mass is 804 g/mol. The van der Waals surface area contributed by atoms with Crippen molar-refractivity contribution in [1.29, 1.82) is 0 Å². The third-order valence-electron chi connectivity index (χ3n) is 12.9. The highest BCUT2D eigenvalue weighted by atomic mass is 15.0. The second-order valence-electron chi connectivity index (χ2n) is 16.4. The van der Waals surface area contributed by atoms with Gasteiger partial charge in [-0.3, -0.25) is 0 Å². The molecule has 0 fully saturated rings. The molecule has 0 saturated carbocycles. The minimum Gasteiger partial charge on any atom is -0.309 e. The Morgan fingerprint density at radius 1 is 0.302 bits per heavy atom. The van der Waals surface area contributed by atoms with Gasteiger partial charge < -0.3 is 4.57 Å². The van der Waals surface area contributed by atoms with E-state index < -0.39 is 0 Å². The molecule has 0 aliphatic heterocycles. The van der Waals surface area contributed by atoms with Gasteiger partial charge in [0.15, 0.2) is 23.3 Å². The molecule has 2 bridgehead atoms. The van der Waals surface area contributed by atoms with E-state index in [4.69, 9.17) is 15.0 Å². The molecule has 3 aliphatic rings. The van der Waals surface area contributed by atoms with Crippen molar-refractivity contribution < 1.29 is 0 Å². The molecule has 0 amide bonds. The second kappa shape index (κ2) is 14.1. The number of para-hydroxylation sites is 2. The standard InChI is InChI=1S/C57H36N6/c1-3-12-36(13-4-1)55-60-56(62-57(61-55)40-26-29-51-47(33-40)42-16-9-10-19-50(42)63(51)41-14-5-2-6-15-41)37-22-20-35(21-23-37)38-24-27-45-48(32-38)52-43-17-7-8-18-44(43)53(45)49-34-39(25-28-46(49)52)54-58-30-11-31-59-54/h1-34,52-53H. The Labute approximate surface area is 363 Å². The molecule has 3 aliphatic carbocycles. The van der Waals surface area contributed by atoms with Crippen LogP contribution in [0.5, 0.6) is 0 Å². The predicted molar refractivity (Wildman–Crippen MR) is 252 cm³/mol. The van der Waals surface area contributed by atoms with Crippen molar-refractivity contribution in [2.45, 2.75) is 11.8 Å². The average Bonchev–Trinajstić information content (AvgIpc) is 3.70. The van der Waals surface area contributed by atoms with Gasteiger partial charge in [-0.25, -0.2) is 24.9 Å². The zero-order chi connectivity index (χ0) is 41.4. The first-order chi connectivity index (χ1) is 31.2. The van der Waals surface area contributed by atoms with Gasteiger partial charge in [-0.15, -0.1) is 0 Å². The molecule has 14 rings (SSSR count). The topological polar surface area (TPSA) is 69.4 Å². The van der Waals surface area contributed by atoms with Gasteiger partial charge in [0.1, 0.15) is 0 Å². The van der Waals surface area contributed by atoms with Crippen molar-refractivity contribution in [2.75, 3.05) is 0 Å². The molecular formula is C57H36N6. The quantitative estimate of drug-likeness (QED) is 0.167. The van der Waals surface area contributed by atoms with E-state index in [0.717, 1.165) is 55.7 Å². The van der Waals surface area contributed by atoms with Crippen LogP contribution in [0.3, 0.4) is 0 Å². The lowest BCUT2D eigenvalue weighted by Gasteiger charge is -2.42. The van der Waals surface area contributed by atoms with E-state index in [1.54, 1.807) is 0 Å². The molecule has 0 radical (unpaired) electrons. The maximum absolute atomic E-state index is 5.17. The van der Waals surface area contributed by atoms with E-state index in [-0.39, 0.29) is 11.8 Å². The number of aromatic nitrogens is 6. The lowest BCUT2D eigenvalue weighted by Crippen LogP contribution is -2.27. The summed E-state index contributed by atoms with van der Waals surface area (Å²) in [6.07, 6.45) is 3.62. The van der Waals surface area contributed by atoms with Gasteiger partial charge in [0.25, 0.3) is 0 Å². The van der Waals surface area contributed by atoms with Crippen LogP contribution >= 0.6 is 0 Å². The van der Waals surface area contributed by atoms with Crippen LogP contribution in [0.4, 0.5) is 0 Å². The van der Waals surface area contributed by atoms with Crippen molar-refractivity contribution in [1.82, 2.24) is 29.5 Å². The van der Waals surface area contributed by atoms with Crippen LogP contribution < -0.4 is 0 Å². The molecule has 63 heavy (non-hydrogen) atoms. The third-order valence-corrected chi connectivity index (χ3v) is 12.9. The van der Waals surface area contributed by atoms with Gasteiger partial charge in [-0.1, -0.05) is 140 Å². The SMILES string of the molecule is c1ccc(-c2nc(-c3ccc(-c4ccc5c(c4)C4c6ccccc6C5c5cc(-c6ncccn6)ccc54)cc3)nc(-c3ccc4c(c3)c3ccccc3n4-c3ccccc3)n2)cc1. The van der Waals surface area contributed by atoms with Crippen molar-refractivity contribution in [3.63, 3.8) is 0 Å². The molecule has 294 valence electrons. The molecule has 0 spiro atoms. The summed E-state index contributed by atoms with van der Waals surface area (Å²) < 4.78 is 2.33. The summed E-state index contributed by atoms with van der Waals surface area (Å²) in [6, 6.07) is 69.2. The lowest BCUT2D eigenvalue weighted by molar-refractivity contribution is 0.755. The number of hydrogen-bond acceptors (Lipinski definition) is 5. The van der Waals surface area contributed by atoms with Crippen LogP contribution in [0.25, 0.3) is 84.2 Å². The lowest BCUT2D eigenvalue weighted by atomic mass is 9.60. The highest BCUT2D eigenvalue weighted by Crippen LogP contribution is 2.56. The molecule has 11 aromatic rings. The number of nitrogens with zero attached hydrogens (tertiary/aromatic N) is 6. The molecule has 0 saturated heterocycles. The van der Waals surface area contributed by atoms with E-state index in [0.29, 0.717) is 17.5 Å². The summed E-state index contributed by atoms with van der Waals surface area (Å²) in [5.74, 6) is 2.96. The molecule has 6 heteroatoms. The largest absolute Gasteiger partial charge is 0.309 e. The van der Waals surface area contributed by atoms with Crippen LogP contribution in [0.15, 0.2) is 207 Å². The molecule has 8 aromatic carbocycles. The van der Waals surface area contributed by atoms with Gasteiger partial charge in [0.2, 0.25) is 0 Å². The number of hydrogen-bond donors (Lipinski definition) is 0. The smallest absolute Gasteiger partial charge is 0.164 e. The Balaban J connectivity index is 0.883. The molecule has 6 nitrogen and oxygen atoms in total.